The number of rotatable bonds is 7. The molecule has 0 radical (unpaired) electrons. The lowest BCUT2D eigenvalue weighted by Gasteiger charge is -2.20. The van der Waals surface area contributed by atoms with E-state index in [1.165, 1.54) is 12.1 Å². The van der Waals surface area contributed by atoms with Gasteiger partial charge in [-0.15, -0.1) is 0 Å². The third-order valence-electron chi connectivity index (χ3n) is 6.21. The van der Waals surface area contributed by atoms with Gasteiger partial charge in [-0.05, 0) is 67.4 Å². The van der Waals surface area contributed by atoms with Crippen LogP contribution in [0.4, 0.5) is 5.69 Å². The van der Waals surface area contributed by atoms with Crippen LogP contribution in [0.3, 0.4) is 0 Å². The fourth-order valence-corrected chi connectivity index (χ4v) is 4.22. The van der Waals surface area contributed by atoms with Crippen molar-refractivity contribution in [2.75, 3.05) is 18.0 Å². The van der Waals surface area contributed by atoms with Crippen LogP contribution in [0, 0.1) is 0 Å². The highest BCUT2D eigenvalue weighted by Gasteiger charge is 2.16. The molecule has 0 atom stereocenters. The van der Waals surface area contributed by atoms with Gasteiger partial charge in [0.1, 0.15) is 28.0 Å². The molecule has 0 aliphatic carbocycles. The van der Waals surface area contributed by atoms with Crippen molar-refractivity contribution in [1.29, 1.82) is 0 Å². The second-order valence-electron chi connectivity index (χ2n) is 8.50. The van der Waals surface area contributed by atoms with Crippen molar-refractivity contribution in [1.82, 2.24) is 4.98 Å². The first-order valence-corrected chi connectivity index (χ1v) is 11.8. The van der Waals surface area contributed by atoms with E-state index in [-0.39, 0.29) is 22.8 Å². The van der Waals surface area contributed by atoms with Crippen LogP contribution in [0.2, 0.25) is 0 Å². The Morgan fingerprint density at radius 1 is 0.919 bits per heavy atom. The van der Waals surface area contributed by atoms with Crippen molar-refractivity contribution >= 4 is 45.9 Å². The van der Waals surface area contributed by atoms with E-state index in [2.05, 4.69) is 23.7 Å². The van der Waals surface area contributed by atoms with Gasteiger partial charge in [-0.25, -0.2) is 14.6 Å². The quantitative estimate of drug-likeness (QED) is 0.207. The molecule has 0 saturated carbocycles. The Kier molecular flexibility index (Phi) is 6.23. The van der Waals surface area contributed by atoms with Crippen molar-refractivity contribution in [3.63, 3.8) is 0 Å². The zero-order valence-electron chi connectivity index (χ0n) is 20.3. The SMILES string of the molecule is CCN(CC)c1ccc2cc(-c3nc4ccc(/C=C/c5ccc(O)c(C(=O)O)c5)cc4o3)c(=O)oc2c1. The number of anilines is 1. The number of carboxylic acid groups (broad SMARTS) is 1. The van der Waals surface area contributed by atoms with Gasteiger partial charge in [0.2, 0.25) is 5.89 Å². The molecule has 8 heteroatoms. The predicted octanol–water partition coefficient (Wildman–Crippen LogP) is 6.02. The van der Waals surface area contributed by atoms with Gasteiger partial charge in [0, 0.05) is 30.2 Å². The standard InChI is InChI=1S/C29H24N2O6/c1-3-31(4-2)20-10-9-19-15-22(29(35)37-25(19)16-20)27-30-23-11-7-18(14-26(23)36-27)6-5-17-8-12-24(32)21(13-17)28(33)34/h5-16,32H,3-4H2,1-2H3,(H,33,34)/b6-5+. The molecule has 2 N–H and O–H groups in total. The second-order valence-corrected chi connectivity index (χ2v) is 8.50. The van der Waals surface area contributed by atoms with Crippen LogP contribution in [0.15, 0.2) is 74.3 Å². The minimum Gasteiger partial charge on any atom is -0.507 e. The number of aromatic hydroxyl groups is 1. The normalized spacial score (nSPS) is 11.5. The Morgan fingerprint density at radius 2 is 1.65 bits per heavy atom. The van der Waals surface area contributed by atoms with Gasteiger partial charge in [-0.3, -0.25) is 0 Å². The van der Waals surface area contributed by atoms with Crippen molar-refractivity contribution in [3.05, 3.63) is 87.8 Å². The summed E-state index contributed by atoms with van der Waals surface area (Å²) in [5.74, 6) is -1.32. The Morgan fingerprint density at radius 3 is 2.38 bits per heavy atom. The number of aromatic carboxylic acids is 1. The minimum absolute atomic E-state index is 0.170. The molecule has 0 unspecified atom stereocenters. The lowest BCUT2D eigenvalue weighted by Crippen LogP contribution is -2.21. The number of phenols is 1. The fraction of sp³-hybridized carbons (Fsp3) is 0.138. The van der Waals surface area contributed by atoms with Crippen molar-refractivity contribution in [2.24, 2.45) is 0 Å². The molecular formula is C29H24N2O6. The summed E-state index contributed by atoms with van der Waals surface area (Å²) in [7, 11) is 0. The maximum Gasteiger partial charge on any atom is 0.349 e. The number of aromatic nitrogens is 1. The number of oxazole rings is 1. The van der Waals surface area contributed by atoms with Gasteiger partial charge < -0.3 is 23.9 Å². The van der Waals surface area contributed by atoms with Gasteiger partial charge in [0.05, 0.1) is 0 Å². The van der Waals surface area contributed by atoms with Gasteiger partial charge in [-0.2, -0.15) is 0 Å². The lowest BCUT2D eigenvalue weighted by atomic mass is 10.1. The largest absolute Gasteiger partial charge is 0.507 e. The molecule has 8 nitrogen and oxygen atoms in total. The molecule has 3 aromatic carbocycles. The molecule has 2 aromatic heterocycles. The van der Waals surface area contributed by atoms with Gasteiger partial charge in [0.25, 0.3) is 0 Å². The van der Waals surface area contributed by atoms with E-state index >= 15 is 0 Å². The van der Waals surface area contributed by atoms with Crippen LogP contribution < -0.4 is 10.5 Å². The average molecular weight is 497 g/mol. The summed E-state index contributed by atoms with van der Waals surface area (Å²) in [4.78, 5) is 30.7. The summed E-state index contributed by atoms with van der Waals surface area (Å²) < 4.78 is 11.5. The molecular weight excluding hydrogens is 472 g/mol. The molecule has 0 aliphatic rings. The summed E-state index contributed by atoms with van der Waals surface area (Å²) in [6.45, 7) is 5.85. The number of nitrogens with zero attached hydrogens (tertiary/aromatic N) is 2. The van der Waals surface area contributed by atoms with Crippen molar-refractivity contribution < 1.29 is 23.8 Å². The maximum absolute atomic E-state index is 12.8. The summed E-state index contributed by atoms with van der Waals surface area (Å²) in [5, 5.41) is 19.6. The first kappa shape index (κ1) is 23.9. The zero-order chi connectivity index (χ0) is 26.1. The molecule has 0 aliphatic heterocycles. The van der Waals surface area contributed by atoms with Gasteiger partial charge in [-0.1, -0.05) is 24.3 Å². The summed E-state index contributed by atoms with van der Waals surface area (Å²) in [6, 6.07) is 17.2. The highest BCUT2D eigenvalue weighted by molar-refractivity contribution is 5.92. The highest BCUT2D eigenvalue weighted by Crippen LogP contribution is 2.28. The van der Waals surface area contributed by atoms with Gasteiger partial charge >= 0.3 is 11.6 Å². The molecule has 2 heterocycles. The van der Waals surface area contributed by atoms with E-state index in [4.69, 9.17) is 8.83 Å². The second kappa shape index (κ2) is 9.66. The highest BCUT2D eigenvalue weighted by atomic mass is 16.4. The maximum atomic E-state index is 12.8. The molecule has 5 aromatic rings. The number of carboxylic acids is 1. The van der Waals surface area contributed by atoms with E-state index in [0.717, 1.165) is 29.7 Å². The lowest BCUT2D eigenvalue weighted by molar-refractivity contribution is 0.0693. The van der Waals surface area contributed by atoms with Crippen molar-refractivity contribution in [2.45, 2.75) is 13.8 Å². The smallest absolute Gasteiger partial charge is 0.349 e. The zero-order valence-corrected chi connectivity index (χ0v) is 20.3. The van der Waals surface area contributed by atoms with E-state index in [1.807, 2.05) is 24.3 Å². The first-order valence-electron chi connectivity index (χ1n) is 11.8. The Hall–Kier alpha value is -4.85. The fourth-order valence-electron chi connectivity index (χ4n) is 4.22. The third kappa shape index (κ3) is 4.69. The predicted molar refractivity (Wildman–Crippen MR) is 143 cm³/mol. The monoisotopic (exact) mass is 496 g/mol. The molecule has 0 spiro atoms. The molecule has 0 bridgehead atoms. The van der Waals surface area contributed by atoms with Crippen LogP contribution in [-0.4, -0.2) is 34.3 Å². The van der Waals surface area contributed by atoms with E-state index in [0.29, 0.717) is 22.2 Å². The molecule has 186 valence electrons. The van der Waals surface area contributed by atoms with Crippen LogP contribution in [0.25, 0.3) is 45.7 Å². The molecule has 37 heavy (non-hydrogen) atoms. The molecule has 5 rings (SSSR count). The van der Waals surface area contributed by atoms with Gasteiger partial charge in [0.15, 0.2) is 5.58 Å². The summed E-state index contributed by atoms with van der Waals surface area (Å²) in [5.41, 5.74) is 3.51. The number of benzene rings is 3. The van der Waals surface area contributed by atoms with E-state index in [1.54, 1.807) is 36.4 Å². The number of hydrogen-bond donors (Lipinski definition) is 2. The van der Waals surface area contributed by atoms with Crippen LogP contribution in [0.5, 0.6) is 5.75 Å². The van der Waals surface area contributed by atoms with Crippen LogP contribution in [-0.2, 0) is 0 Å². The summed E-state index contributed by atoms with van der Waals surface area (Å²) in [6.07, 6.45) is 3.52. The molecule has 0 fully saturated rings. The number of fused-ring (bicyclic) bond motifs is 2. The number of hydrogen-bond acceptors (Lipinski definition) is 7. The van der Waals surface area contributed by atoms with Crippen LogP contribution >= 0.6 is 0 Å². The Bertz CT molecular complexity index is 1730. The van der Waals surface area contributed by atoms with Crippen molar-refractivity contribution in [3.8, 4) is 17.2 Å². The Labute approximate surface area is 211 Å². The summed E-state index contributed by atoms with van der Waals surface area (Å²) >= 11 is 0. The van der Waals surface area contributed by atoms with E-state index < -0.39 is 11.6 Å². The molecule has 0 amide bonds. The topological polar surface area (TPSA) is 117 Å². The number of carbonyl (C=O) groups is 1. The Balaban J connectivity index is 1.46. The van der Waals surface area contributed by atoms with Crippen LogP contribution in [0.1, 0.15) is 35.3 Å². The first-order chi connectivity index (χ1) is 17.9. The third-order valence-corrected chi connectivity index (χ3v) is 6.21. The minimum atomic E-state index is -1.20. The van der Waals surface area contributed by atoms with E-state index in [9.17, 15) is 19.8 Å². The average Bonchev–Trinajstić information content (AvgIpc) is 3.31. The molecule has 0 saturated heterocycles.